The average molecular weight is 394 g/mol. The fraction of sp³-hybridized carbons (Fsp3) is 0.348. The fourth-order valence-corrected chi connectivity index (χ4v) is 3.30. The van der Waals surface area contributed by atoms with Crippen molar-refractivity contribution in [2.24, 2.45) is 5.92 Å². The smallest absolute Gasteiger partial charge is 0.311 e. The predicted molar refractivity (Wildman–Crippen MR) is 112 cm³/mol. The molecule has 1 saturated heterocycles. The first-order valence-electron chi connectivity index (χ1n) is 9.80. The number of ether oxygens (including phenoxy) is 1. The minimum atomic E-state index is -0.567. The number of nitrogens with one attached hydrogen (secondary N) is 1. The summed E-state index contributed by atoms with van der Waals surface area (Å²) in [6.45, 7) is 5.92. The average Bonchev–Trinajstić information content (AvgIpc) is 3.11. The van der Waals surface area contributed by atoms with Gasteiger partial charge < -0.3 is 15.0 Å². The summed E-state index contributed by atoms with van der Waals surface area (Å²) in [7, 11) is 0. The Morgan fingerprint density at radius 2 is 1.83 bits per heavy atom. The number of amides is 2. The van der Waals surface area contributed by atoms with Gasteiger partial charge in [0.2, 0.25) is 5.91 Å². The molecule has 152 valence electrons. The van der Waals surface area contributed by atoms with Crippen molar-refractivity contribution in [3.05, 3.63) is 59.2 Å². The van der Waals surface area contributed by atoms with Gasteiger partial charge in [-0.3, -0.25) is 14.4 Å². The normalized spacial score (nSPS) is 16.0. The quantitative estimate of drug-likeness (QED) is 0.762. The van der Waals surface area contributed by atoms with Crippen LogP contribution in [0.2, 0.25) is 0 Å². The molecule has 0 unspecified atom stereocenters. The van der Waals surface area contributed by atoms with Crippen molar-refractivity contribution in [1.82, 2.24) is 0 Å². The van der Waals surface area contributed by atoms with Crippen molar-refractivity contribution in [3.8, 4) is 0 Å². The van der Waals surface area contributed by atoms with Gasteiger partial charge in [0.05, 0.1) is 5.92 Å². The second-order valence-corrected chi connectivity index (χ2v) is 7.38. The lowest BCUT2D eigenvalue weighted by molar-refractivity contribution is -0.151. The van der Waals surface area contributed by atoms with Gasteiger partial charge in [0.1, 0.15) is 0 Å². The minimum Gasteiger partial charge on any atom is -0.455 e. The van der Waals surface area contributed by atoms with E-state index in [0.717, 1.165) is 23.2 Å². The number of hydrogen-bond donors (Lipinski definition) is 1. The molecule has 0 radical (unpaired) electrons. The first-order chi connectivity index (χ1) is 13.9. The van der Waals surface area contributed by atoms with Crippen molar-refractivity contribution in [3.63, 3.8) is 0 Å². The van der Waals surface area contributed by atoms with E-state index in [1.807, 2.05) is 50.2 Å². The van der Waals surface area contributed by atoms with Crippen LogP contribution in [0.15, 0.2) is 42.5 Å². The third-order valence-electron chi connectivity index (χ3n) is 5.25. The van der Waals surface area contributed by atoms with Crippen molar-refractivity contribution < 1.29 is 19.1 Å². The number of rotatable bonds is 6. The lowest BCUT2D eigenvalue weighted by atomic mass is 10.1. The monoisotopic (exact) mass is 394 g/mol. The standard InChI is InChI=1S/C23H26N2O4/c1-4-17-6-9-20(10-7-17)25-13-18(12-22(25)27)23(28)29-14-21(26)24-19-8-5-15(2)16(3)11-19/h5-11,18H,4,12-14H2,1-3H3,(H,24,26)/t18-/m1/s1. The second-order valence-electron chi connectivity index (χ2n) is 7.38. The van der Waals surface area contributed by atoms with Gasteiger partial charge in [0.15, 0.2) is 6.61 Å². The van der Waals surface area contributed by atoms with Gasteiger partial charge in [-0.15, -0.1) is 0 Å². The Balaban J connectivity index is 1.52. The highest BCUT2D eigenvalue weighted by Crippen LogP contribution is 2.26. The van der Waals surface area contributed by atoms with Crippen LogP contribution in [-0.4, -0.2) is 30.9 Å². The molecule has 0 spiro atoms. The molecule has 2 aromatic carbocycles. The number of aryl methyl sites for hydroxylation is 3. The first kappa shape index (κ1) is 20.6. The van der Waals surface area contributed by atoms with Gasteiger partial charge >= 0.3 is 5.97 Å². The molecule has 6 nitrogen and oxygen atoms in total. The van der Waals surface area contributed by atoms with Gasteiger partial charge in [-0.25, -0.2) is 0 Å². The fourth-order valence-electron chi connectivity index (χ4n) is 3.30. The van der Waals surface area contributed by atoms with E-state index in [1.165, 1.54) is 5.56 Å². The van der Waals surface area contributed by atoms with E-state index in [-0.39, 0.29) is 25.5 Å². The molecule has 1 atom stereocenters. The lowest BCUT2D eigenvalue weighted by Crippen LogP contribution is -2.28. The molecular formula is C23H26N2O4. The summed E-state index contributed by atoms with van der Waals surface area (Å²) in [5, 5.41) is 2.72. The van der Waals surface area contributed by atoms with Gasteiger partial charge in [-0.1, -0.05) is 25.1 Å². The Morgan fingerprint density at radius 3 is 2.48 bits per heavy atom. The minimum absolute atomic E-state index is 0.0904. The summed E-state index contributed by atoms with van der Waals surface area (Å²) in [5.41, 5.74) is 4.82. The van der Waals surface area contributed by atoms with Crippen LogP contribution in [0.4, 0.5) is 11.4 Å². The number of carbonyl (C=O) groups excluding carboxylic acids is 3. The van der Waals surface area contributed by atoms with Gasteiger partial charge in [0, 0.05) is 24.3 Å². The molecule has 1 aliphatic heterocycles. The van der Waals surface area contributed by atoms with E-state index in [2.05, 4.69) is 12.2 Å². The van der Waals surface area contributed by atoms with Crippen molar-refractivity contribution in [2.45, 2.75) is 33.6 Å². The Bertz CT molecular complexity index is 921. The molecule has 1 fully saturated rings. The van der Waals surface area contributed by atoms with Crippen LogP contribution >= 0.6 is 0 Å². The zero-order valence-corrected chi connectivity index (χ0v) is 17.0. The summed E-state index contributed by atoms with van der Waals surface area (Å²) in [6.07, 6.45) is 1.01. The summed E-state index contributed by atoms with van der Waals surface area (Å²) >= 11 is 0. The molecule has 1 aliphatic rings. The SMILES string of the molecule is CCc1ccc(N2C[C@H](C(=O)OCC(=O)Nc3ccc(C)c(C)c3)CC2=O)cc1. The maximum Gasteiger partial charge on any atom is 0.311 e. The van der Waals surface area contributed by atoms with Crippen LogP contribution in [0.25, 0.3) is 0 Å². The molecule has 0 bridgehead atoms. The Labute approximate surface area is 170 Å². The molecule has 0 aromatic heterocycles. The van der Waals surface area contributed by atoms with Crippen LogP contribution in [0.5, 0.6) is 0 Å². The molecule has 29 heavy (non-hydrogen) atoms. The first-order valence-corrected chi connectivity index (χ1v) is 9.80. The van der Waals surface area contributed by atoms with Crippen molar-refractivity contribution in [2.75, 3.05) is 23.4 Å². The number of benzene rings is 2. The molecule has 3 rings (SSSR count). The van der Waals surface area contributed by atoms with E-state index >= 15 is 0 Å². The Hall–Kier alpha value is -3.15. The molecule has 2 aromatic rings. The summed E-state index contributed by atoms with van der Waals surface area (Å²) in [4.78, 5) is 38.3. The largest absolute Gasteiger partial charge is 0.455 e. The number of hydrogen-bond acceptors (Lipinski definition) is 4. The Morgan fingerprint density at radius 1 is 1.10 bits per heavy atom. The third kappa shape index (κ3) is 5.02. The van der Waals surface area contributed by atoms with E-state index in [1.54, 1.807) is 11.0 Å². The number of carbonyl (C=O) groups is 3. The second kappa shape index (κ2) is 8.90. The molecule has 0 aliphatic carbocycles. The van der Waals surface area contributed by atoms with Gasteiger partial charge in [0.25, 0.3) is 5.91 Å². The molecule has 6 heteroatoms. The van der Waals surface area contributed by atoms with Crippen LogP contribution in [-0.2, 0) is 25.5 Å². The lowest BCUT2D eigenvalue weighted by Gasteiger charge is -2.17. The maximum absolute atomic E-state index is 12.3. The van der Waals surface area contributed by atoms with E-state index in [9.17, 15) is 14.4 Å². The van der Waals surface area contributed by atoms with Crippen LogP contribution in [0.3, 0.4) is 0 Å². The zero-order chi connectivity index (χ0) is 21.0. The van der Waals surface area contributed by atoms with Crippen molar-refractivity contribution in [1.29, 1.82) is 0 Å². The van der Waals surface area contributed by atoms with E-state index < -0.39 is 17.8 Å². The summed E-state index contributed by atoms with van der Waals surface area (Å²) < 4.78 is 5.15. The molecule has 0 saturated carbocycles. The summed E-state index contributed by atoms with van der Waals surface area (Å²) in [5.74, 6) is -1.61. The van der Waals surface area contributed by atoms with Crippen molar-refractivity contribution >= 4 is 29.2 Å². The highest BCUT2D eigenvalue weighted by Gasteiger charge is 2.36. The number of esters is 1. The van der Waals surface area contributed by atoms with Crippen LogP contribution in [0.1, 0.15) is 30.0 Å². The molecule has 1 N–H and O–H groups in total. The maximum atomic E-state index is 12.3. The predicted octanol–water partition coefficient (Wildman–Crippen LogP) is 3.40. The number of nitrogens with zero attached hydrogens (tertiary/aromatic N) is 1. The van der Waals surface area contributed by atoms with Crippen LogP contribution in [0, 0.1) is 19.8 Å². The highest BCUT2D eigenvalue weighted by molar-refractivity contribution is 6.00. The van der Waals surface area contributed by atoms with Gasteiger partial charge in [-0.2, -0.15) is 0 Å². The van der Waals surface area contributed by atoms with E-state index in [4.69, 9.17) is 4.74 Å². The molecule has 2 amide bonds. The zero-order valence-electron chi connectivity index (χ0n) is 17.0. The van der Waals surface area contributed by atoms with Crippen LogP contribution < -0.4 is 10.2 Å². The van der Waals surface area contributed by atoms with E-state index in [0.29, 0.717) is 5.69 Å². The third-order valence-corrected chi connectivity index (χ3v) is 5.25. The number of anilines is 2. The topological polar surface area (TPSA) is 75.7 Å². The van der Waals surface area contributed by atoms with Gasteiger partial charge in [-0.05, 0) is 61.2 Å². The molecule has 1 heterocycles. The Kier molecular flexibility index (Phi) is 6.32. The molecular weight excluding hydrogens is 368 g/mol. The summed E-state index contributed by atoms with van der Waals surface area (Å²) in [6, 6.07) is 13.3. The highest BCUT2D eigenvalue weighted by atomic mass is 16.5.